The van der Waals surface area contributed by atoms with Crippen molar-refractivity contribution in [1.82, 2.24) is 9.80 Å². The molecule has 1 aromatic heterocycles. The van der Waals surface area contributed by atoms with Gasteiger partial charge in [0.25, 0.3) is 5.91 Å². The summed E-state index contributed by atoms with van der Waals surface area (Å²) in [5.41, 5.74) is 1.69. The van der Waals surface area contributed by atoms with E-state index in [4.69, 9.17) is 25.5 Å². The highest BCUT2D eigenvalue weighted by atomic mass is 35.5. The minimum Gasteiger partial charge on any atom is -0.472 e. The van der Waals surface area contributed by atoms with Crippen molar-refractivity contribution in [2.24, 2.45) is 0 Å². The Morgan fingerprint density at radius 1 is 1.17 bits per heavy atom. The number of amides is 1. The molecule has 2 aromatic rings. The highest BCUT2D eigenvalue weighted by Gasteiger charge is 2.24. The molecule has 0 radical (unpaired) electrons. The summed E-state index contributed by atoms with van der Waals surface area (Å²) in [6, 6.07) is 5.58. The maximum absolute atomic E-state index is 12.3. The lowest BCUT2D eigenvalue weighted by Crippen LogP contribution is -2.48. The number of hydrogen-bond donors (Lipinski definition) is 0. The molecule has 126 valence electrons. The quantitative estimate of drug-likeness (QED) is 0.853. The van der Waals surface area contributed by atoms with Crippen LogP contribution >= 0.6 is 11.6 Å². The Labute approximate surface area is 144 Å². The molecule has 2 aliphatic rings. The number of fused-ring (bicyclic) bond motifs is 1. The van der Waals surface area contributed by atoms with E-state index in [9.17, 15) is 4.79 Å². The summed E-state index contributed by atoms with van der Waals surface area (Å²) in [4.78, 5) is 16.5. The van der Waals surface area contributed by atoms with Gasteiger partial charge in [-0.05, 0) is 23.8 Å². The Kier molecular flexibility index (Phi) is 4.08. The normalized spacial score (nSPS) is 17.3. The SMILES string of the molecule is O=C(c1ccoc1)N1CCN(Cc2cc(Cl)c3c(c2)OCO3)CC1. The van der Waals surface area contributed by atoms with Crippen molar-refractivity contribution in [1.29, 1.82) is 0 Å². The van der Waals surface area contributed by atoms with Crippen LogP contribution < -0.4 is 9.47 Å². The molecular formula is C17H17ClN2O4. The summed E-state index contributed by atoms with van der Waals surface area (Å²) >= 11 is 6.23. The first-order chi connectivity index (χ1) is 11.7. The van der Waals surface area contributed by atoms with Crippen molar-refractivity contribution in [3.63, 3.8) is 0 Å². The van der Waals surface area contributed by atoms with Gasteiger partial charge in [0.05, 0.1) is 16.8 Å². The Bertz CT molecular complexity index is 739. The van der Waals surface area contributed by atoms with Crippen LogP contribution in [0, 0.1) is 0 Å². The average Bonchev–Trinajstić information content (AvgIpc) is 3.26. The van der Waals surface area contributed by atoms with Gasteiger partial charge < -0.3 is 18.8 Å². The van der Waals surface area contributed by atoms with Crippen LogP contribution in [0.5, 0.6) is 11.5 Å². The maximum Gasteiger partial charge on any atom is 0.257 e. The highest BCUT2D eigenvalue weighted by Crippen LogP contribution is 2.40. The minimum atomic E-state index is 0.0227. The molecule has 0 aliphatic carbocycles. The third kappa shape index (κ3) is 2.95. The molecule has 4 rings (SSSR count). The smallest absolute Gasteiger partial charge is 0.257 e. The van der Waals surface area contributed by atoms with Gasteiger partial charge in [0.1, 0.15) is 6.26 Å². The number of benzene rings is 1. The molecule has 3 heterocycles. The first kappa shape index (κ1) is 15.4. The molecule has 1 fully saturated rings. The Hall–Kier alpha value is -2.18. The second kappa shape index (κ2) is 6.37. The number of rotatable bonds is 3. The summed E-state index contributed by atoms with van der Waals surface area (Å²) in [7, 11) is 0. The van der Waals surface area contributed by atoms with E-state index in [1.807, 2.05) is 17.0 Å². The van der Waals surface area contributed by atoms with Gasteiger partial charge in [-0.1, -0.05) is 11.6 Å². The van der Waals surface area contributed by atoms with Crippen molar-refractivity contribution >= 4 is 17.5 Å². The molecule has 24 heavy (non-hydrogen) atoms. The van der Waals surface area contributed by atoms with E-state index in [0.717, 1.165) is 25.2 Å². The molecule has 1 saturated heterocycles. The standard InChI is InChI=1S/C17H17ClN2O4/c18-14-7-12(8-15-16(14)24-11-23-15)9-19-2-4-20(5-3-19)17(21)13-1-6-22-10-13/h1,6-8,10H,2-5,9,11H2. The lowest BCUT2D eigenvalue weighted by molar-refractivity contribution is 0.0628. The maximum atomic E-state index is 12.3. The molecule has 0 saturated carbocycles. The monoisotopic (exact) mass is 348 g/mol. The number of carbonyl (C=O) groups excluding carboxylic acids is 1. The largest absolute Gasteiger partial charge is 0.472 e. The second-order valence-electron chi connectivity index (χ2n) is 5.89. The third-order valence-electron chi connectivity index (χ3n) is 4.32. The summed E-state index contributed by atoms with van der Waals surface area (Å²) in [6.07, 6.45) is 3.01. The van der Waals surface area contributed by atoms with Crippen molar-refractivity contribution < 1.29 is 18.7 Å². The van der Waals surface area contributed by atoms with Gasteiger partial charge >= 0.3 is 0 Å². The summed E-state index contributed by atoms with van der Waals surface area (Å²) < 4.78 is 15.7. The van der Waals surface area contributed by atoms with Gasteiger partial charge in [-0.3, -0.25) is 9.69 Å². The van der Waals surface area contributed by atoms with Gasteiger partial charge in [0, 0.05) is 32.7 Å². The number of hydrogen-bond acceptors (Lipinski definition) is 5. The van der Waals surface area contributed by atoms with Crippen LogP contribution in [0.15, 0.2) is 35.1 Å². The van der Waals surface area contributed by atoms with Crippen LogP contribution in [0.1, 0.15) is 15.9 Å². The second-order valence-corrected chi connectivity index (χ2v) is 6.30. The number of furan rings is 1. The number of ether oxygens (including phenoxy) is 2. The number of nitrogens with zero attached hydrogens (tertiary/aromatic N) is 2. The van der Waals surface area contributed by atoms with E-state index < -0.39 is 0 Å². The molecule has 6 nitrogen and oxygen atoms in total. The van der Waals surface area contributed by atoms with E-state index in [2.05, 4.69) is 4.90 Å². The molecule has 0 bridgehead atoms. The number of carbonyl (C=O) groups is 1. The molecule has 0 atom stereocenters. The molecule has 1 aromatic carbocycles. The first-order valence-corrected chi connectivity index (χ1v) is 8.20. The Morgan fingerprint density at radius 3 is 2.75 bits per heavy atom. The van der Waals surface area contributed by atoms with E-state index in [1.165, 1.54) is 12.5 Å². The van der Waals surface area contributed by atoms with Crippen LogP contribution in [0.2, 0.25) is 5.02 Å². The fourth-order valence-corrected chi connectivity index (χ4v) is 3.34. The highest BCUT2D eigenvalue weighted by molar-refractivity contribution is 6.32. The van der Waals surface area contributed by atoms with Crippen molar-refractivity contribution in [3.05, 3.63) is 46.9 Å². The fraction of sp³-hybridized carbons (Fsp3) is 0.353. The summed E-state index contributed by atoms with van der Waals surface area (Å²) in [5, 5.41) is 0.578. The van der Waals surface area contributed by atoms with E-state index in [1.54, 1.807) is 6.07 Å². The Balaban J connectivity index is 1.37. The van der Waals surface area contributed by atoms with Gasteiger partial charge in [0.15, 0.2) is 11.5 Å². The van der Waals surface area contributed by atoms with Gasteiger partial charge in [0.2, 0.25) is 6.79 Å². The van der Waals surface area contributed by atoms with Crippen LogP contribution in [-0.4, -0.2) is 48.7 Å². The minimum absolute atomic E-state index is 0.0227. The summed E-state index contributed by atoms with van der Waals surface area (Å²) in [5.74, 6) is 1.34. The molecule has 0 N–H and O–H groups in total. The van der Waals surface area contributed by atoms with Crippen LogP contribution in [-0.2, 0) is 6.54 Å². The number of piperazine rings is 1. The van der Waals surface area contributed by atoms with Crippen LogP contribution in [0.25, 0.3) is 0 Å². The van der Waals surface area contributed by atoms with Crippen molar-refractivity contribution in [2.45, 2.75) is 6.54 Å². The Morgan fingerprint density at radius 2 is 2.00 bits per heavy atom. The average molecular weight is 349 g/mol. The zero-order valence-electron chi connectivity index (χ0n) is 13.0. The van der Waals surface area contributed by atoms with Crippen molar-refractivity contribution in [3.8, 4) is 11.5 Å². The topological polar surface area (TPSA) is 55.2 Å². The predicted molar refractivity (Wildman–Crippen MR) is 87.5 cm³/mol. The third-order valence-corrected chi connectivity index (χ3v) is 4.60. The number of halogens is 1. The zero-order valence-corrected chi connectivity index (χ0v) is 13.8. The summed E-state index contributed by atoms with van der Waals surface area (Å²) in [6.45, 7) is 4.01. The van der Waals surface area contributed by atoms with Crippen LogP contribution in [0.4, 0.5) is 0 Å². The lowest BCUT2D eigenvalue weighted by Gasteiger charge is -2.34. The van der Waals surface area contributed by atoms with Gasteiger partial charge in [-0.15, -0.1) is 0 Å². The molecule has 1 amide bonds. The predicted octanol–water partition coefficient (Wildman–Crippen LogP) is 2.62. The molecule has 0 unspecified atom stereocenters. The molecule has 7 heteroatoms. The van der Waals surface area contributed by atoms with Crippen LogP contribution in [0.3, 0.4) is 0 Å². The molecule has 0 spiro atoms. The zero-order chi connectivity index (χ0) is 16.5. The first-order valence-electron chi connectivity index (χ1n) is 7.82. The lowest BCUT2D eigenvalue weighted by atomic mass is 10.1. The van der Waals surface area contributed by atoms with Gasteiger partial charge in [-0.2, -0.15) is 0 Å². The molecular weight excluding hydrogens is 332 g/mol. The van der Waals surface area contributed by atoms with E-state index in [-0.39, 0.29) is 12.7 Å². The van der Waals surface area contributed by atoms with Crippen molar-refractivity contribution in [2.75, 3.05) is 33.0 Å². The van der Waals surface area contributed by atoms with Gasteiger partial charge in [-0.25, -0.2) is 0 Å². The van der Waals surface area contributed by atoms with E-state index in [0.29, 0.717) is 35.2 Å². The molecule has 2 aliphatic heterocycles. The fourth-order valence-electron chi connectivity index (χ4n) is 3.05. The van der Waals surface area contributed by atoms with E-state index >= 15 is 0 Å².